The Morgan fingerprint density at radius 3 is 2.29 bits per heavy atom. The lowest BCUT2D eigenvalue weighted by molar-refractivity contribution is 0.871. The third-order valence-corrected chi connectivity index (χ3v) is 3.81. The molecule has 2 aromatic carbocycles. The zero-order valence-corrected chi connectivity index (χ0v) is 12.5. The van der Waals surface area contributed by atoms with E-state index in [0.717, 1.165) is 15.6 Å². The van der Waals surface area contributed by atoms with Gasteiger partial charge < -0.3 is 15.7 Å². The molecule has 1 atom stereocenters. The van der Waals surface area contributed by atoms with Gasteiger partial charge in [0.25, 0.3) is 0 Å². The highest BCUT2D eigenvalue weighted by Crippen LogP contribution is 2.23. The largest absolute Gasteiger partial charge is 0.320 e. The van der Waals surface area contributed by atoms with E-state index >= 15 is 0 Å². The molecular formula is C15H12BrN3O2. The predicted molar refractivity (Wildman–Crippen MR) is 85.4 cm³/mol. The number of hydrogen-bond acceptors (Lipinski definition) is 3. The second kappa shape index (κ2) is 5.31. The molecule has 6 heteroatoms. The van der Waals surface area contributed by atoms with Gasteiger partial charge in [-0.1, -0.05) is 34.1 Å². The first-order chi connectivity index (χ1) is 10.0. The summed E-state index contributed by atoms with van der Waals surface area (Å²) >= 11 is 3.42. The van der Waals surface area contributed by atoms with E-state index in [1.807, 2.05) is 30.3 Å². The van der Waals surface area contributed by atoms with E-state index in [4.69, 9.17) is 5.73 Å². The van der Waals surface area contributed by atoms with Crippen LogP contribution in [0.2, 0.25) is 0 Å². The van der Waals surface area contributed by atoms with Gasteiger partial charge in [-0.05, 0) is 35.4 Å². The minimum Gasteiger partial charge on any atom is -0.320 e. The quantitative estimate of drug-likeness (QED) is 0.620. The normalized spacial score (nSPS) is 12.5. The summed E-state index contributed by atoms with van der Waals surface area (Å²) in [6.45, 7) is 0. The van der Waals surface area contributed by atoms with Crippen molar-refractivity contribution in [3.05, 3.63) is 78.8 Å². The molecule has 0 fully saturated rings. The minimum atomic E-state index is -0.671. The Hall–Kier alpha value is -2.18. The van der Waals surface area contributed by atoms with Crippen LogP contribution < -0.4 is 16.9 Å². The Bertz CT molecular complexity index is 930. The summed E-state index contributed by atoms with van der Waals surface area (Å²) in [7, 11) is 0. The molecule has 0 aliphatic rings. The Morgan fingerprint density at radius 1 is 0.905 bits per heavy atom. The summed E-state index contributed by atoms with van der Waals surface area (Å²) in [6, 6.07) is 12.8. The van der Waals surface area contributed by atoms with Crippen LogP contribution in [0.15, 0.2) is 56.5 Å². The first-order valence-corrected chi connectivity index (χ1v) is 7.11. The van der Waals surface area contributed by atoms with Gasteiger partial charge in [0.05, 0.1) is 17.1 Å². The maximum atomic E-state index is 11.4. The molecule has 1 aromatic heterocycles. The number of aromatic amines is 2. The molecule has 0 saturated heterocycles. The molecule has 3 aromatic rings. The van der Waals surface area contributed by atoms with Crippen LogP contribution in [0.25, 0.3) is 11.0 Å². The van der Waals surface area contributed by atoms with Crippen LogP contribution in [-0.4, -0.2) is 9.97 Å². The van der Waals surface area contributed by atoms with Crippen LogP contribution in [0.1, 0.15) is 17.2 Å². The summed E-state index contributed by atoms with van der Waals surface area (Å²) in [5.74, 6) is 0. The van der Waals surface area contributed by atoms with Crippen molar-refractivity contribution in [2.45, 2.75) is 6.04 Å². The van der Waals surface area contributed by atoms with Crippen molar-refractivity contribution >= 4 is 27.0 Å². The fourth-order valence-electron chi connectivity index (χ4n) is 2.22. The number of halogens is 1. The molecule has 106 valence electrons. The third kappa shape index (κ3) is 2.68. The van der Waals surface area contributed by atoms with E-state index in [9.17, 15) is 9.59 Å². The van der Waals surface area contributed by atoms with E-state index in [0.29, 0.717) is 11.0 Å². The maximum absolute atomic E-state index is 11.4. The summed E-state index contributed by atoms with van der Waals surface area (Å²) < 4.78 is 0.953. The number of benzene rings is 2. The number of nitrogens with two attached hydrogens (primary N) is 1. The molecule has 1 unspecified atom stereocenters. The molecule has 0 aliphatic carbocycles. The zero-order valence-electron chi connectivity index (χ0n) is 10.9. The number of rotatable bonds is 2. The Morgan fingerprint density at radius 2 is 1.57 bits per heavy atom. The minimum absolute atomic E-state index is 0.317. The monoisotopic (exact) mass is 345 g/mol. The number of aromatic nitrogens is 2. The topological polar surface area (TPSA) is 91.7 Å². The second-order valence-corrected chi connectivity index (χ2v) is 5.66. The van der Waals surface area contributed by atoms with E-state index in [-0.39, 0.29) is 6.04 Å². The SMILES string of the molecule is NC(c1cccc(Br)c1)c1ccc2[nH]c(=O)c(=O)[nH]c2c1. The molecule has 0 radical (unpaired) electrons. The van der Waals surface area contributed by atoms with Gasteiger partial charge in [0.1, 0.15) is 0 Å². The smallest absolute Gasteiger partial charge is 0.314 e. The van der Waals surface area contributed by atoms with E-state index in [1.54, 1.807) is 12.1 Å². The van der Waals surface area contributed by atoms with Gasteiger partial charge in [0.2, 0.25) is 0 Å². The molecule has 0 bridgehead atoms. The van der Waals surface area contributed by atoms with Gasteiger partial charge in [-0.25, -0.2) is 0 Å². The summed E-state index contributed by atoms with van der Waals surface area (Å²) in [4.78, 5) is 27.8. The molecule has 21 heavy (non-hydrogen) atoms. The maximum Gasteiger partial charge on any atom is 0.314 e. The summed E-state index contributed by atoms with van der Waals surface area (Å²) in [6.07, 6.45) is 0. The van der Waals surface area contributed by atoms with Crippen molar-refractivity contribution < 1.29 is 0 Å². The molecule has 0 aliphatic heterocycles. The standard InChI is InChI=1S/C15H12BrN3O2/c16-10-3-1-2-8(6-10)13(17)9-4-5-11-12(7-9)19-15(21)14(20)18-11/h1-7,13H,17H2,(H,18,20)(H,19,21). The van der Waals surface area contributed by atoms with E-state index in [1.165, 1.54) is 0 Å². The number of H-pyrrole nitrogens is 2. The Balaban J connectivity index is 2.10. The van der Waals surface area contributed by atoms with Crippen LogP contribution in [0.5, 0.6) is 0 Å². The molecule has 0 spiro atoms. The van der Waals surface area contributed by atoms with Gasteiger partial charge in [0.15, 0.2) is 0 Å². The molecule has 4 N–H and O–H groups in total. The Labute approximate surface area is 128 Å². The fourth-order valence-corrected chi connectivity index (χ4v) is 2.64. The third-order valence-electron chi connectivity index (χ3n) is 3.31. The second-order valence-electron chi connectivity index (χ2n) is 4.75. The van der Waals surface area contributed by atoms with E-state index < -0.39 is 11.1 Å². The van der Waals surface area contributed by atoms with Crippen LogP contribution in [0.3, 0.4) is 0 Å². The van der Waals surface area contributed by atoms with Crippen LogP contribution in [0.4, 0.5) is 0 Å². The van der Waals surface area contributed by atoms with Crippen LogP contribution in [-0.2, 0) is 0 Å². The lowest BCUT2D eigenvalue weighted by atomic mass is 9.99. The summed E-state index contributed by atoms with van der Waals surface area (Å²) in [5.41, 5.74) is 7.86. The zero-order chi connectivity index (χ0) is 15.0. The summed E-state index contributed by atoms with van der Waals surface area (Å²) in [5, 5.41) is 0. The highest BCUT2D eigenvalue weighted by atomic mass is 79.9. The molecular weight excluding hydrogens is 334 g/mol. The van der Waals surface area contributed by atoms with Crippen molar-refractivity contribution in [3.8, 4) is 0 Å². The molecule has 3 rings (SSSR count). The lowest BCUT2D eigenvalue weighted by Gasteiger charge is -2.13. The predicted octanol–water partition coefficient (Wildman–Crippen LogP) is 2.03. The highest BCUT2D eigenvalue weighted by Gasteiger charge is 2.10. The van der Waals surface area contributed by atoms with Gasteiger partial charge in [-0.2, -0.15) is 0 Å². The average molecular weight is 346 g/mol. The van der Waals surface area contributed by atoms with Crippen LogP contribution >= 0.6 is 15.9 Å². The van der Waals surface area contributed by atoms with Crippen molar-refractivity contribution in [1.82, 2.24) is 9.97 Å². The number of nitrogens with one attached hydrogen (secondary N) is 2. The van der Waals surface area contributed by atoms with E-state index in [2.05, 4.69) is 25.9 Å². The molecule has 5 nitrogen and oxygen atoms in total. The Kier molecular flexibility index (Phi) is 3.48. The van der Waals surface area contributed by atoms with Gasteiger partial charge >= 0.3 is 11.1 Å². The number of hydrogen-bond donors (Lipinski definition) is 3. The lowest BCUT2D eigenvalue weighted by Crippen LogP contribution is -2.29. The van der Waals surface area contributed by atoms with Crippen molar-refractivity contribution in [3.63, 3.8) is 0 Å². The molecule has 0 saturated carbocycles. The van der Waals surface area contributed by atoms with Gasteiger partial charge in [0, 0.05) is 4.47 Å². The van der Waals surface area contributed by atoms with Crippen molar-refractivity contribution in [2.75, 3.05) is 0 Å². The highest BCUT2D eigenvalue weighted by molar-refractivity contribution is 9.10. The first kappa shape index (κ1) is 13.8. The van der Waals surface area contributed by atoms with Crippen molar-refractivity contribution in [2.24, 2.45) is 5.73 Å². The first-order valence-electron chi connectivity index (χ1n) is 6.32. The van der Waals surface area contributed by atoms with Gasteiger partial charge in [-0.3, -0.25) is 9.59 Å². The molecule has 1 heterocycles. The van der Waals surface area contributed by atoms with Crippen molar-refractivity contribution in [1.29, 1.82) is 0 Å². The fraction of sp³-hybridized carbons (Fsp3) is 0.0667. The number of fused-ring (bicyclic) bond motifs is 1. The molecule has 0 amide bonds. The van der Waals surface area contributed by atoms with Gasteiger partial charge in [-0.15, -0.1) is 0 Å². The van der Waals surface area contributed by atoms with Crippen LogP contribution in [0, 0.1) is 0 Å². The average Bonchev–Trinajstić information content (AvgIpc) is 2.47.